The van der Waals surface area contributed by atoms with Crippen molar-refractivity contribution in [3.63, 3.8) is 0 Å². The summed E-state index contributed by atoms with van der Waals surface area (Å²) in [5.41, 5.74) is 9.40. The number of hydrogen-bond donors (Lipinski definition) is 2. The summed E-state index contributed by atoms with van der Waals surface area (Å²) in [6.07, 6.45) is 0.121. The van der Waals surface area contributed by atoms with E-state index in [-0.39, 0.29) is 23.6 Å². The van der Waals surface area contributed by atoms with Crippen LogP contribution in [0.2, 0.25) is 18.1 Å². The number of nitrogens with zero attached hydrogens (tertiary/aromatic N) is 2. The Morgan fingerprint density at radius 2 is 1.91 bits per heavy atom. The second-order valence-corrected chi connectivity index (χ2v) is 16.8. The molecule has 8 heteroatoms. The van der Waals surface area contributed by atoms with E-state index >= 15 is 0 Å². The molecule has 7 nitrogen and oxygen atoms in total. The highest BCUT2D eigenvalue weighted by molar-refractivity contribution is 6.94. The number of aliphatic hydroxyl groups is 1. The summed E-state index contributed by atoms with van der Waals surface area (Å²) < 4.78 is 7.04. The molecule has 0 aliphatic carbocycles. The van der Waals surface area contributed by atoms with Gasteiger partial charge in [0.15, 0.2) is 0 Å². The highest BCUT2D eigenvalue weighted by Crippen LogP contribution is 2.42. The maximum Gasteiger partial charge on any atom is 0.309 e. The Morgan fingerprint density at radius 3 is 2.57 bits per heavy atom. The lowest BCUT2D eigenvalue weighted by Crippen LogP contribution is -2.51. The number of rotatable bonds is 2. The molecule has 0 bridgehead atoms. The van der Waals surface area contributed by atoms with Crippen LogP contribution in [0.15, 0.2) is 29.1 Å². The average molecular weight is 492 g/mol. The van der Waals surface area contributed by atoms with Crippen LogP contribution < -0.4 is 16.5 Å². The molecule has 2 aliphatic rings. The fourth-order valence-electron chi connectivity index (χ4n) is 5.38. The number of nitrogen functional groups attached to an aromatic ring is 1. The number of carbonyl (C=O) groups excluding carboxylic acids is 1. The zero-order valence-corrected chi connectivity index (χ0v) is 22.3. The Bertz CT molecular complexity index is 1470. The minimum absolute atomic E-state index is 0.0488. The SMILES string of the molecule is CCC1(O)CC(=O)OCc2c1cc1n(c2=O)Cc2c-1nc1ccc(N)cc1c2[Si](C)(C)C(C)(C)C. The molecule has 3 N–H and O–H groups in total. The number of pyridine rings is 2. The highest BCUT2D eigenvalue weighted by atomic mass is 28.3. The van der Waals surface area contributed by atoms with Crippen LogP contribution >= 0.6 is 0 Å². The largest absolute Gasteiger partial charge is 0.460 e. The molecular formula is C27H33N3O4Si. The lowest BCUT2D eigenvalue weighted by atomic mass is 9.85. The summed E-state index contributed by atoms with van der Waals surface area (Å²) in [4.78, 5) is 31.0. The summed E-state index contributed by atoms with van der Waals surface area (Å²) in [7, 11) is -2.10. The fourth-order valence-corrected chi connectivity index (χ4v) is 7.96. The molecule has 0 saturated carbocycles. The summed E-state index contributed by atoms with van der Waals surface area (Å²) in [6.45, 7) is 13.6. The first-order chi connectivity index (χ1) is 16.3. The highest BCUT2D eigenvalue weighted by Gasteiger charge is 2.44. The van der Waals surface area contributed by atoms with Gasteiger partial charge in [-0.1, -0.05) is 40.8 Å². The third-order valence-corrected chi connectivity index (χ3v) is 14.0. The molecule has 5 rings (SSSR count). The molecule has 184 valence electrons. The number of fused-ring (bicyclic) bond motifs is 5. The van der Waals surface area contributed by atoms with E-state index in [9.17, 15) is 14.7 Å². The van der Waals surface area contributed by atoms with Crippen LogP contribution in [-0.4, -0.2) is 28.7 Å². The number of benzene rings is 1. The van der Waals surface area contributed by atoms with Crippen LogP contribution in [0.3, 0.4) is 0 Å². The molecule has 0 amide bonds. The number of aromatic nitrogens is 2. The van der Waals surface area contributed by atoms with Crippen LogP contribution in [-0.2, 0) is 28.3 Å². The second kappa shape index (κ2) is 7.51. The maximum atomic E-state index is 13.8. The van der Waals surface area contributed by atoms with Gasteiger partial charge in [-0.15, -0.1) is 0 Å². The van der Waals surface area contributed by atoms with Gasteiger partial charge in [0, 0.05) is 11.1 Å². The van der Waals surface area contributed by atoms with Crippen LogP contribution in [0.4, 0.5) is 5.69 Å². The molecule has 1 unspecified atom stereocenters. The molecule has 35 heavy (non-hydrogen) atoms. The lowest BCUT2D eigenvalue weighted by Gasteiger charge is -2.39. The van der Waals surface area contributed by atoms with Crippen LogP contribution in [0, 0.1) is 0 Å². The predicted molar refractivity (Wildman–Crippen MR) is 140 cm³/mol. The van der Waals surface area contributed by atoms with Gasteiger partial charge in [0.1, 0.15) is 12.2 Å². The molecule has 1 atom stereocenters. The van der Waals surface area contributed by atoms with E-state index in [1.165, 1.54) is 5.19 Å². The van der Waals surface area contributed by atoms with Gasteiger partial charge in [-0.2, -0.15) is 0 Å². The molecule has 1 aromatic carbocycles. The fraction of sp³-hybridized carbons (Fsp3) is 0.444. The number of esters is 1. The molecule has 0 radical (unpaired) electrons. The minimum Gasteiger partial charge on any atom is -0.460 e. The molecule has 0 saturated heterocycles. The quantitative estimate of drug-likeness (QED) is 0.251. The Kier molecular flexibility index (Phi) is 5.10. The van der Waals surface area contributed by atoms with Gasteiger partial charge in [0.25, 0.3) is 5.56 Å². The molecule has 4 heterocycles. The zero-order valence-electron chi connectivity index (χ0n) is 21.3. The zero-order chi connectivity index (χ0) is 25.5. The Hall–Kier alpha value is -2.97. The average Bonchev–Trinajstić information content (AvgIpc) is 3.07. The van der Waals surface area contributed by atoms with Crippen molar-refractivity contribution in [3.8, 4) is 11.4 Å². The van der Waals surface area contributed by atoms with E-state index in [0.29, 0.717) is 35.5 Å². The molecule has 2 aliphatic heterocycles. The van der Waals surface area contributed by atoms with Gasteiger partial charge in [-0.3, -0.25) is 9.59 Å². The molecule has 0 fully saturated rings. The van der Waals surface area contributed by atoms with Crippen molar-refractivity contribution in [3.05, 3.63) is 51.3 Å². The number of nitrogens with two attached hydrogens (primary N) is 1. The van der Waals surface area contributed by atoms with Gasteiger partial charge in [-0.25, -0.2) is 4.98 Å². The van der Waals surface area contributed by atoms with Gasteiger partial charge in [-0.05, 0) is 52.0 Å². The normalized spacial score (nSPS) is 19.7. The first kappa shape index (κ1) is 23.8. The predicted octanol–water partition coefficient (Wildman–Crippen LogP) is 3.77. The van der Waals surface area contributed by atoms with Crippen molar-refractivity contribution < 1.29 is 14.6 Å². The van der Waals surface area contributed by atoms with E-state index in [4.69, 9.17) is 15.5 Å². The van der Waals surface area contributed by atoms with Gasteiger partial charge in [0.05, 0.1) is 43.5 Å². The van der Waals surface area contributed by atoms with Crippen molar-refractivity contribution in [1.82, 2.24) is 9.55 Å². The maximum absolute atomic E-state index is 13.8. The topological polar surface area (TPSA) is 107 Å². The van der Waals surface area contributed by atoms with E-state index in [1.807, 2.05) is 31.2 Å². The van der Waals surface area contributed by atoms with E-state index in [0.717, 1.165) is 22.2 Å². The van der Waals surface area contributed by atoms with Crippen molar-refractivity contribution in [2.24, 2.45) is 0 Å². The van der Waals surface area contributed by atoms with E-state index < -0.39 is 19.6 Å². The molecule has 0 spiro atoms. The number of ether oxygens (including phenoxy) is 1. The number of hydrogen-bond acceptors (Lipinski definition) is 6. The van der Waals surface area contributed by atoms with E-state index in [2.05, 4.69) is 33.9 Å². The van der Waals surface area contributed by atoms with Crippen molar-refractivity contribution in [2.75, 3.05) is 5.73 Å². The third kappa shape index (κ3) is 3.37. The first-order valence-corrected chi connectivity index (χ1v) is 15.2. The Morgan fingerprint density at radius 1 is 1.20 bits per heavy atom. The van der Waals surface area contributed by atoms with Crippen LogP contribution in [0.25, 0.3) is 22.3 Å². The number of anilines is 1. The van der Waals surface area contributed by atoms with E-state index in [1.54, 1.807) is 4.57 Å². The number of cyclic esters (lactones) is 1. The standard InChI is InChI=1S/C27H33N3O4Si/c1-7-27(33)12-22(31)34-14-18-19(27)11-21-23-17(13-30(21)25(18)32)24(35(5,6)26(2,3)4)16-10-15(28)8-9-20(16)29-23/h8-11,33H,7,12-14,28H2,1-6H3. The van der Waals surface area contributed by atoms with Crippen LogP contribution in [0.1, 0.15) is 57.2 Å². The van der Waals surface area contributed by atoms with Crippen molar-refractivity contribution in [1.29, 1.82) is 0 Å². The third-order valence-electron chi connectivity index (χ3n) is 8.47. The van der Waals surface area contributed by atoms with Gasteiger partial charge >= 0.3 is 5.97 Å². The van der Waals surface area contributed by atoms with Crippen molar-refractivity contribution in [2.45, 2.75) is 77.4 Å². The van der Waals surface area contributed by atoms with Crippen LogP contribution in [0.5, 0.6) is 0 Å². The lowest BCUT2D eigenvalue weighted by molar-refractivity contribution is -0.149. The van der Waals surface area contributed by atoms with Crippen molar-refractivity contribution >= 4 is 35.8 Å². The Labute approximate surface area is 206 Å². The van der Waals surface area contributed by atoms with Gasteiger partial charge < -0.3 is 20.1 Å². The minimum atomic E-state index is -2.10. The molecular weight excluding hydrogens is 458 g/mol. The molecule has 3 aromatic rings. The summed E-state index contributed by atoms with van der Waals surface area (Å²) >= 11 is 0. The summed E-state index contributed by atoms with van der Waals surface area (Å²) in [6, 6.07) is 7.67. The smallest absolute Gasteiger partial charge is 0.309 e. The second-order valence-electron chi connectivity index (χ2n) is 11.5. The monoisotopic (exact) mass is 491 g/mol. The summed E-state index contributed by atoms with van der Waals surface area (Å²) in [5, 5.41) is 13.8. The van der Waals surface area contributed by atoms with Gasteiger partial charge in [0.2, 0.25) is 0 Å². The summed E-state index contributed by atoms with van der Waals surface area (Å²) in [5.74, 6) is -0.502. The number of carbonyl (C=O) groups is 1. The molecule has 2 aromatic heterocycles. The Balaban J connectivity index is 1.87. The first-order valence-electron chi connectivity index (χ1n) is 12.2.